The molecule has 0 fully saturated rings. The molecular formula is C13H16N4O. The summed E-state index contributed by atoms with van der Waals surface area (Å²) in [6.07, 6.45) is 3.18. The number of benzene rings is 1. The van der Waals surface area contributed by atoms with E-state index in [-0.39, 0.29) is 6.04 Å². The second-order valence-corrected chi connectivity index (χ2v) is 3.93. The molecule has 0 saturated heterocycles. The van der Waals surface area contributed by atoms with Gasteiger partial charge in [0.05, 0.1) is 13.2 Å². The minimum atomic E-state index is 0.0925. The molecule has 2 aromatic rings. The summed E-state index contributed by atoms with van der Waals surface area (Å²) in [7, 11) is 1.65. The molecule has 0 radical (unpaired) electrons. The molecule has 0 saturated carbocycles. The standard InChI is InChI=1S/C13H16N4O/c1-9(10-3-5-11(18-2)6-4-10)17-13-12(14)15-7-8-16-13/h3-9H,1-2H3,(H2,14,15)(H,16,17). The molecule has 0 aliphatic carbocycles. The number of ether oxygens (including phenoxy) is 1. The van der Waals surface area contributed by atoms with Crippen LogP contribution >= 0.6 is 0 Å². The predicted octanol–water partition coefficient (Wildman–Crippen LogP) is 2.24. The van der Waals surface area contributed by atoms with Crippen LogP contribution in [0.25, 0.3) is 0 Å². The molecule has 0 aliphatic heterocycles. The highest BCUT2D eigenvalue weighted by Gasteiger charge is 2.08. The molecule has 0 spiro atoms. The summed E-state index contributed by atoms with van der Waals surface area (Å²) in [6.45, 7) is 2.04. The molecule has 18 heavy (non-hydrogen) atoms. The van der Waals surface area contributed by atoms with E-state index in [2.05, 4.69) is 15.3 Å². The zero-order valence-corrected chi connectivity index (χ0v) is 10.4. The molecule has 0 bridgehead atoms. The third-order valence-electron chi connectivity index (χ3n) is 2.70. The number of hydrogen-bond donors (Lipinski definition) is 2. The van der Waals surface area contributed by atoms with Crippen LogP contribution in [-0.2, 0) is 0 Å². The molecule has 1 unspecified atom stereocenters. The number of nitrogens with one attached hydrogen (secondary N) is 1. The van der Waals surface area contributed by atoms with Gasteiger partial charge in [-0.1, -0.05) is 12.1 Å². The van der Waals surface area contributed by atoms with Gasteiger partial charge in [0.15, 0.2) is 11.6 Å². The summed E-state index contributed by atoms with van der Waals surface area (Å²) in [5.74, 6) is 1.84. The van der Waals surface area contributed by atoms with Gasteiger partial charge in [-0.2, -0.15) is 0 Å². The summed E-state index contributed by atoms with van der Waals surface area (Å²) in [5.41, 5.74) is 6.86. The van der Waals surface area contributed by atoms with Gasteiger partial charge in [-0.05, 0) is 24.6 Å². The quantitative estimate of drug-likeness (QED) is 0.862. The number of methoxy groups -OCH3 is 1. The Kier molecular flexibility index (Phi) is 3.62. The number of anilines is 2. The Hall–Kier alpha value is -2.30. The summed E-state index contributed by atoms with van der Waals surface area (Å²) in [4.78, 5) is 8.14. The maximum absolute atomic E-state index is 5.74. The summed E-state index contributed by atoms with van der Waals surface area (Å²) in [5, 5.41) is 3.22. The maximum atomic E-state index is 5.74. The van der Waals surface area contributed by atoms with Crippen LogP contribution in [0.15, 0.2) is 36.7 Å². The lowest BCUT2D eigenvalue weighted by Crippen LogP contribution is -2.10. The average Bonchev–Trinajstić information content (AvgIpc) is 2.41. The van der Waals surface area contributed by atoms with Crippen molar-refractivity contribution in [1.82, 2.24) is 9.97 Å². The summed E-state index contributed by atoms with van der Waals surface area (Å²) >= 11 is 0. The first kappa shape index (κ1) is 12.2. The van der Waals surface area contributed by atoms with Gasteiger partial charge in [0.2, 0.25) is 0 Å². The van der Waals surface area contributed by atoms with Crippen molar-refractivity contribution in [1.29, 1.82) is 0 Å². The molecule has 5 nitrogen and oxygen atoms in total. The number of aromatic nitrogens is 2. The van der Waals surface area contributed by atoms with E-state index in [1.807, 2.05) is 31.2 Å². The largest absolute Gasteiger partial charge is 0.497 e. The number of nitrogens with zero attached hydrogens (tertiary/aromatic N) is 2. The highest BCUT2D eigenvalue weighted by atomic mass is 16.5. The topological polar surface area (TPSA) is 73.1 Å². The van der Waals surface area contributed by atoms with Crippen molar-refractivity contribution >= 4 is 11.6 Å². The predicted molar refractivity (Wildman–Crippen MR) is 71.5 cm³/mol. The van der Waals surface area contributed by atoms with E-state index in [4.69, 9.17) is 10.5 Å². The van der Waals surface area contributed by atoms with Gasteiger partial charge < -0.3 is 15.8 Å². The minimum absolute atomic E-state index is 0.0925. The van der Waals surface area contributed by atoms with Gasteiger partial charge >= 0.3 is 0 Å². The zero-order chi connectivity index (χ0) is 13.0. The van der Waals surface area contributed by atoms with Gasteiger partial charge in [-0.15, -0.1) is 0 Å². The van der Waals surface area contributed by atoms with Crippen LogP contribution in [-0.4, -0.2) is 17.1 Å². The fourth-order valence-electron chi connectivity index (χ4n) is 1.64. The first-order chi connectivity index (χ1) is 8.70. The van der Waals surface area contributed by atoms with E-state index < -0.39 is 0 Å². The van der Waals surface area contributed by atoms with Crippen molar-refractivity contribution in [3.8, 4) is 5.75 Å². The van der Waals surface area contributed by atoms with Gasteiger partial charge in [-0.25, -0.2) is 9.97 Å². The number of hydrogen-bond acceptors (Lipinski definition) is 5. The third-order valence-corrected chi connectivity index (χ3v) is 2.70. The lowest BCUT2D eigenvalue weighted by molar-refractivity contribution is 0.414. The highest BCUT2D eigenvalue weighted by Crippen LogP contribution is 2.22. The number of nitrogens with two attached hydrogens (primary N) is 1. The molecule has 1 aromatic carbocycles. The third kappa shape index (κ3) is 2.68. The Bertz CT molecular complexity index is 513. The van der Waals surface area contributed by atoms with Crippen molar-refractivity contribution in [2.24, 2.45) is 0 Å². The van der Waals surface area contributed by atoms with Crippen molar-refractivity contribution in [2.75, 3.05) is 18.2 Å². The monoisotopic (exact) mass is 244 g/mol. The fraction of sp³-hybridized carbons (Fsp3) is 0.231. The average molecular weight is 244 g/mol. The van der Waals surface area contributed by atoms with Gasteiger partial charge in [0.25, 0.3) is 0 Å². The molecule has 1 heterocycles. The molecule has 0 aliphatic rings. The lowest BCUT2D eigenvalue weighted by atomic mass is 10.1. The molecule has 1 atom stereocenters. The van der Waals surface area contributed by atoms with Crippen molar-refractivity contribution in [2.45, 2.75) is 13.0 Å². The van der Waals surface area contributed by atoms with Gasteiger partial charge in [0.1, 0.15) is 5.75 Å². The molecule has 1 aromatic heterocycles. The zero-order valence-electron chi connectivity index (χ0n) is 10.4. The summed E-state index contributed by atoms with van der Waals surface area (Å²) in [6, 6.07) is 7.95. The van der Waals surface area contributed by atoms with Gasteiger partial charge in [-0.3, -0.25) is 0 Å². The van der Waals surface area contributed by atoms with E-state index in [0.717, 1.165) is 11.3 Å². The minimum Gasteiger partial charge on any atom is -0.497 e. The van der Waals surface area contributed by atoms with Crippen LogP contribution in [0.1, 0.15) is 18.5 Å². The Morgan fingerprint density at radius 1 is 1.17 bits per heavy atom. The normalized spacial score (nSPS) is 11.9. The second kappa shape index (κ2) is 5.35. The van der Waals surface area contributed by atoms with Crippen LogP contribution < -0.4 is 15.8 Å². The highest BCUT2D eigenvalue weighted by molar-refractivity contribution is 5.56. The molecule has 94 valence electrons. The first-order valence-corrected chi connectivity index (χ1v) is 5.67. The van der Waals surface area contributed by atoms with E-state index in [0.29, 0.717) is 11.6 Å². The smallest absolute Gasteiger partial charge is 0.169 e. The molecule has 3 N–H and O–H groups in total. The Morgan fingerprint density at radius 3 is 2.44 bits per heavy atom. The maximum Gasteiger partial charge on any atom is 0.169 e. The van der Waals surface area contributed by atoms with Crippen molar-refractivity contribution in [3.63, 3.8) is 0 Å². The summed E-state index contributed by atoms with van der Waals surface area (Å²) < 4.78 is 5.12. The molecule has 2 rings (SSSR count). The van der Waals surface area contributed by atoms with Crippen LogP contribution in [0.5, 0.6) is 5.75 Å². The van der Waals surface area contributed by atoms with Crippen molar-refractivity contribution in [3.05, 3.63) is 42.2 Å². The number of nitrogen functional groups attached to an aromatic ring is 1. The van der Waals surface area contributed by atoms with E-state index in [1.54, 1.807) is 19.5 Å². The number of rotatable bonds is 4. The first-order valence-electron chi connectivity index (χ1n) is 5.67. The van der Waals surface area contributed by atoms with Crippen LogP contribution in [0.2, 0.25) is 0 Å². The van der Waals surface area contributed by atoms with Crippen molar-refractivity contribution < 1.29 is 4.74 Å². The second-order valence-electron chi connectivity index (χ2n) is 3.93. The van der Waals surface area contributed by atoms with Crippen LogP contribution in [0, 0.1) is 0 Å². The van der Waals surface area contributed by atoms with Crippen LogP contribution in [0.4, 0.5) is 11.6 Å². The Labute approximate surface area is 106 Å². The van der Waals surface area contributed by atoms with E-state index in [9.17, 15) is 0 Å². The Morgan fingerprint density at radius 2 is 1.83 bits per heavy atom. The van der Waals surface area contributed by atoms with E-state index >= 15 is 0 Å². The Balaban J connectivity index is 2.11. The lowest BCUT2D eigenvalue weighted by Gasteiger charge is -2.15. The van der Waals surface area contributed by atoms with E-state index in [1.165, 1.54) is 0 Å². The molecular weight excluding hydrogens is 228 g/mol. The van der Waals surface area contributed by atoms with Crippen LogP contribution in [0.3, 0.4) is 0 Å². The van der Waals surface area contributed by atoms with Gasteiger partial charge in [0, 0.05) is 12.4 Å². The SMILES string of the molecule is COc1ccc(C(C)Nc2nccnc2N)cc1. The fourth-order valence-corrected chi connectivity index (χ4v) is 1.64. The molecule has 0 amide bonds. The molecule has 5 heteroatoms.